The Labute approximate surface area is 168 Å². The molecular weight excluding hydrogens is 366 g/mol. The first-order valence-electron chi connectivity index (χ1n) is 9.32. The van der Waals surface area contributed by atoms with E-state index in [9.17, 15) is 14.4 Å². The van der Waals surface area contributed by atoms with Crippen molar-refractivity contribution < 1.29 is 19.1 Å². The second kappa shape index (κ2) is 7.72. The van der Waals surface area contributed by atoms with Crippen molar-refractivity contribution in [3.8, 4) is 11.1 Å². The Morgan fingerprint density at radius 2 is 1.66 bits per heavy atom. The van der Waals surface area contributed by atoms with Crippen LogP contribution in [0.1, 0.15) is 43.1 Å². The monoisotopic (exact) mass is 385 g/mol. The van der Waals surface area contributed by atoms with Crippen molar-refractivity contribution in [1.29, 1.82) is 0 Å². The van der Waals surface area contributed by atoms with Gasteiger partial charge in [-0.05, 0) is 53.4 Å². The highest BCUT2D eigenvalue weighted by Gasteiger charge is 2.27. The van der Waals surface area contributed by atoms with Crippen LogP contribution in [0.2, 0.25) is 0 Å². The fourth-order valence-corrected chi connectivity index (χ4v) is 3.68. The highest BCUT2D eigenvalue weighted by atomic mass is 16.5. The molecule has 3 aromatic rings. The van der Waals surface area contributed by atoms with Gasteiger partial charge in [0.05, 0.1) is 18.4 Å². The van der Waals surface area contributed by atoms with Gasteiger partial charge in [-0.25, -0.2) is 4.79 Å². The molecule has 1 N–H and O–H groups in total. The average molecular weight is 385 g/mol. The lowest BCUT2D eigenvalue weighted by atomic mass is 9.94. The second-order valence-corrected chi connectivity index (χ2v) is 6.83. The number of fused-ring (bicyclic) bond motifs is 1. The Morgan fingerprint density at radius 3 is 2.41 bits per heavy atom. The molecule has 0 atom stereocenters. The molecule has 5 nitrogen and oxygen atoms in total. The molecule has 0 saturated heterocycles. The van der Waals surface area contributed by atoms with E-state index in [1.54, 1.807) is 48.5 Å². The first kappa shape index (κ1) is 18.6. The summed E-state index contributed by atoms with van der Waals surface area (Å²) < 4.78 is 4.80. The molecule has 1 amide bonds. The predicted octanol–water partition coefficient (Wildman–Crippen LogP) is 4.52. The molecule has 0 saturated carbocycles. The van der Waals surface area contributed by atoms with E-state index in [0.717, 1.165) is 16.7 Å². The first-order valence-corrected chi connectivity index (χ1v) is 9.32. The topological polar surface area (TPSA) is 72.5 Å². The quantitative estimate of drug-likeness (QED) is 0.670. The number of ether oxygens (including phenoxy) is 1. The number of carbonyl (C=O) groups excluding carboxylic acids is 3. The number of esters is 1. The molecule has 0 unspecified atom stereocenters. The molecule has 0 bridgehead atoms. The maximum Gasteiger partial charge on any atom is 0.337 e. The van der Waals surface area contributed by atoms with Crippen LogP contribution in [0.5, 0.6) is 0 Å². The minimum absolute atomic E-state index is 0.00864. The zero-order chi connectivity index (χ0) is 20.4. The van der Waals surface area contributed by atoms with Crippen LogP contribution in [-0.2, 0) is 11.2 Å². The Balaban J connectivity index is 1.74. The van der Waals surface area contributed by atoms with Gasteiger partial charge in [0.1, 0.15) is 0 Å². The van der Waals surface area contributed by atoms with Crippen molar-refractivity contribution in [3.63, 3.8) is 0 Å². The number of methoxy groups -OCH3 is 1. The van der Waals surface area contributed by atoms with Gasteiger partial charge >= 0.3 is 5.97 Å². The molecule has 0 radical (unpaired) electrons. The van der Waals surface area contributed by atoms with Crippen molar-refractivity contribution in [1.82, 2.24) is 0 Å². The molecule has 4 rings (SSSR count). The maximum atomic E-state index is 12.6. The van der Waals surface area contributed by atoms with Crippen LogP contribution in [0, 0.1) is 0 Å². The van der Waals surface area contributed by atoms with Crippen LogP contribution < -0.4 is 5.32 Å². The van der Waals surface area contributed by atoms with Gasteiger partial charge in [-0.2, -0.15) is 0 Å². The van der Waals surface area contributed by atoms with Crippen LogP contribution in [0.4, 0.5) is 5.69 Å². The van der Waals surface area contributed by atoms with E-state index in [4.69, 9.17) is 4.74 Å². The molecule has 29 heavy (non-hydrogen) atoms. The second-order valence-electron chi connectivity index (χ2n) is 6.83. The highest BCUT2D eigenvalue weighted by molar-refractivity contribution is 6.12. The van der Waals surface area contributed by atoms with Gasteiger partial charge in [-0.1, -0.05) is 36.4 Å². The van der Waals surface area contributed by atoms with Crippen molar-refractivity contribution in [2.45, 2.75) is 12.8 Å². The maximum absolute atomic E-state index is 12.6. The van der Waals surface area contributed by atoms with Crippen molar-refractivity contribution in [2.75, 3.05) is 12.4 Å². The fourth-order valence-electron chi connectivity index (χ4n) is 3.68. The number of Topliss-reactive ketones (excluding diaryl/α,β-unsaturated/α-hetero) is 1. The number of hydrogen-bond acceptors (Lipinski definition) is 4. The highest BCUT2D eigenvalue weighted by Crippen LogP contribution is 2.37. The summed E-state index contributed by atoms with van der Waals surface area (Å²) in [6, 6.07) is 19.6. The van der Waals surface area contributed by atoms with E-state index in [-0.39, 0.29) is 11.7 Å². The average Bonchev–Trinajstić information content (AvgIpc) is 3.16. The number of nitrogens with one attached hydrogen (secondary N) is 1. The van der Waals surface area contributed by atoms with E-state index in [0.29, 0.717) is 35.2 Å². The van der Waals surface area contributed by atoms with Gasteiger partial charge < -0.3 is 10.1 Å². The molecule has 0 aromatic heterocycles. The molecule has 0 fully saturated rings. The lowest BCUT2D eigenvalue weighted by molar-refractivity contribution is 0.0600. The summed E-state index contributed by atoms with van der Waals surface area (Å²) in [7, 11) is 1.34. The minimum atomic E-state index is -0.411. The number of benzene rings is 3. The van der Waals surface area contributed by atoms with E-state index >= 15 is 0 Å². The molecule has 1 aliphatic carbocycles. The Morgan fingerprint density at radius 1 is 0.897 bits per heavy atom. The van der Waals surface area contributed by atoms with E-state index < -0.39 is 5.97 Å². The zero-order valence-corrected chi connectivity index (χ0v) is 15.9. The number of rotatable bonds is 4. The lowest BCUT2D eigenvalue weighted by Crippen LogP contribution is -2.14. The Hall–Kier alpha value is -3.73. The SMILES string of the molecule is COC(=O)c1cccc(-c2ccc(NC(=O)c3ccccc3)c3c2CCC3=O)c1. The summed E-state index contributed by atoms with van der Waals surface area (Å²) in [5, 5.41) is 2.87. The Kier molecular flexibility index (Phi) is 4.96. The van der Waals surface area contributed by atoms with Crippen LogP contribution >= 0.6 is 0 Å². The van der Waals surface area contributed by atoms with Crippen LogP contribution in [-0.4, -0.2) is 24.8 Å². The van der Waals surface area contributed by atoms with Crippen LogP contribution in [0.3, 0.4) is 0 Å². The summed E-state index contributed by atoms with van der Waals surface area (Å²) in [5.41, 5.74) is 4.66. The summed E-state index contributed by atoms with van der Waals surface area (Å²) in [6.07, 6.45) is 0.998. The van der Waals surface area contributed by atoms with Crippen molar-refractivity contribution >= 4 is 23.3 Å². The number of hydrogen-bond donors (Lipinski definition) is 1. The van der Waals surface area contributed by atoms with Crippen LogP contribution in [0.25, 0.3) is 11.1 Å². The lowest BCUT2D eigenvalue weighted by Gasteiger charge is -2.14. The molecule has 5 heteroatoms. The number of amides is 1. The molecule has 0 spiro atoms. The van der Waals surface area contributed by atoms with Gasteiger partial charge in [0.25, 0.3) is 5.91 Å². The largest absolute Gasteiger partial charge is 0.465 e. The summed E-state index contributed by atoms with van der Waals surface area (Å²) >= 11 is 0. The number of anilines is 1. The van der Waals surface area contributed by atoms with Crippen LogP contribution in [0.15, 0.2) is 66.7 Å². The third kappa shape index (κ3) is 3.55. The smallest absolute Gasteiger partial charge is 0.337 e. The standard InChI is InChI=1S/C24H19NO4/c1-29-24(28)17-9-5-8-16(14-17)18-10-12-20(22-19(18)11-13-21(22)26)25-23(27)15-6-3-2-4-7-15/h2-10,12,14H,11,13H2,1H3,(H,25,27). The molecule has 3 aromatic carbocycles. The summed E-state index contributed by atoms with van der Waals surface area (Å²) in [6.45, 7) is 0. The predicted molar refractivity (Wildman–Crippen MR) is 110 cm³/mol. The van der Waals surface area contributed by atoms with Gasteiger partial charge in [0.15, 0.2) is 5.78 Å². The van der Waals surface area contributed by atoms with E-state index in [1.807, 2.05) is 18.2 Å². The molecule has 144 valence electrons. The van der Waals surface area contributed by atoms with Gasteiger partial charge in [-0.3, -0.25) is 9.59 Å². The number of carbonyl (C=O) groups is 3. The van der Waals surface area contributed by atoms with Gasteiger partial charge in [0, 0.05) is 17.5 Å². The molecule has 0 heterocycles. The van der Waals surface area contributed by atoms with Gasteiger partial charge in [0.2, 0.25) is 0 Å². The number of ketones is 1. The zero-order valence-electron chi connectivity index (χ0n) is 15.9. The minimum Gasteiger partial charge on any atom is -0.465 e. The van der Waals surface area contributed by atoms with E-state index in [1.165, 1.54) is 7.11 Å². The van der Waals surface area contributed by atoms with Crippen molar-refractivity contribution in [2.24, 2.45) is 0 Å². The molecule has 0 aliphatic heterocycles. The Bertz CT molecular complexity index is 1120. The molecular formula is C24H19NO4. The van der Waals surface area contributed by atoms with Crippen molar-refractivity contribution in [3.05, 3.63) is 89.0 Å². The fraction of sp³-hybridized carbons (Fsp3) is 0.125. The first-order chi connectivity index (χ1) is 14.1. The summed E-state index contributed by atoms with van der Waals surface area (Å²) in [5.74, 6) is -0.659. The third-order valence-electron chi connectivity index (χ3n) is 5.07. The normalized spacial score (nSPS) is 12.4. The third-order valence-corrected chi connectivity index (χ3v) is 5.07. The molecule has 1 aliphatic rings. The van der Waals surface area contributed by atoms with E-state index in [2.05, 4.69) is 5.32 Å². The van der Waals surface area contributed by atoms with Gasteiger partial charge in [-0.15, -0.1) is 0 Å². The summed E-state index contributed by atoms with van der Waals surface area (Å²) in [4.78, 5) is 37.0.